The van der Waals surface area contributed by atoms with Crippen molar-refractivity contribution in [3.05, 3.63) is 29.9 Å². The maximum atomic E-state index is 10.7. The molecule has 0 amide bonds. The number of nitrogens with zero attached hydrogens (tertiary/aromatic N) is 2. The van der Waals surface area contributed by atoms with Crippen molar-refractivity contribution in [2.45, 2.75) is 0 Å². The smallest absolute Gasteiger partial charge is 0.294 e. The fourth-order valence-corrected chi connectivity index (χ4v) is 0.811. The first kappa shape index (κ1) is 5.22. The van der Waals surface area contributed by atoms with Gasteiger partial charge >= 0.3 is 0 Å². The Bertz CT molecular complexity index is 355. The Morgan fingerprint density at radius 1 is 1.60 bits per heavy atom. The summed E-state index contributed by atoms with van der Waals surface area (Å²) in [7, 11) is 0. The van der Waals surface area contributed by atoms with Crippen molar-refractivity contribution < 1.29 is 9.43 Å². The highest BCUT2D eigenvalue weighted by molar-refractivity contribution is 5.72. The molecule has 0 fully saturated rings. The number of pyridine rings is 1. The van der Waals surface area contributed by atoms with Gasteiger partial charge in [0.15, 0.2) is 0 Å². The molecule has 0 saturated heterocycles. The summed E-state index contributed by atoms with van der Waals surface area (Å²) in [6.07, 6.45) is 4.47. The molecule has 0 spiro atoms. The summed E-state index contributed by atoms with van der Waals surface area (Å²) in [5, 5.41) is 11.5. The minimum atomic E-state index is 0.433. The van der Waals surface area contributed by atoms with Crippen molar-refractivity contribution in [1.82, 2.24) is 4.98 Å². The van der Waals surface area contributed by atoms with Crippen molar-refractivity contribution in [2.75, 3.05) is 0 Å². The van der Waals surface area contributed by atoms with Crippen LogP contribution in [0.1, 0.15) is 0 Å². The summed E-state index contributed by atoms with van der Waals surface area (Å²) in [6, 6.07) is 1.72. The molecular formula is C6H4N2O2. The molecule has 2 aromatic rings. The van der Waals surface area contributed by atoms with Crippen molar-refractivity contribution >= 4 is 10.9 Å². The first-order valence-corrected chi connectivity index (χ1v) is 2.79. The summed E-state index contributed by atoms with van der Waals surface area (Å²) in [6.45, 7) is 0. The van der Waals surface area contributed by atoms with E-state index in [4.69, 9.17) is 0 Å². The van der Waals surface area contributed by atoms with Gasteiger partial charge in [0.1, 0.15) is 6.20 Å². The van der Waals surface area contributed by atoms with Crippen LogP contribution in [0.5, 0.6) is 0 Å². The molecule has 50 valence electrons. The van der Waals surface area contributed by atoms with Crippen molar-refractivity contribution in [3.8, 4) is 0 Å². The van der Waals surface area contributed by atoms with E-state index >= 15 is 0 Å². The van der Waals surface area contributed by atoms with Gasteiger partial charge in [-0.05, 0) is 6.07 Å². The Morgan fingerprint density at radius 2 is 2.50 bits per heavy atom. The van der Waals surface area contributed by atoms with Gasteiger partial charge in [-0.25, -0.2) is 0 Å². The molecule has 0 aliphatic rings. The third kappa shape index (κ3) is 0.556. The van der Waals surface area contributed by atoms with E-state index in [1.807, 2.05) is 0 Å². The summed E-state index contributed by atoms with van der Waals surface area (Å²) in [5.41, 5.74) is 0.461. The van der Waals surface area contributed by atoms with Crippen molar-refractivity contribution in [2.24, 2.45) is 0 Å². The van der Waals surface area contributed by atoms with E-state index in [9.17, 15) is 5.21 Å². The molecule has 2 heterocycles. The molecule has 0 aliphatic carbocycles. The lowest BCUT2D eigenvalue weighted by Gasteiger charge is -1.79. The molecule has 2 rings (SSSR count). The Kier molecular flexibility index (Phi) is 0.887. The summed E-state index contributed by atoms with van der Waals surface area (Å²) in [4.78, 5) is 4.20. The average Bonchev–Trinajstić information content (AvgIpc) is 2.34. The summed E-state index contributed by atoms with van der Waals surface area (Å²) >= 11 is 0. The number of aromatic nitrogens is 2. The monoisotopic (exact) mass is 136 g/mol. The zero-order valence-corrected chi connectivity index (χ0v) is 5.02. The normalized spacial score (nSPS) is 10.4. The number of fused-ring (bicyclic) bond motifs is 1. The molecule has 4 nitrogen and oxygen atoms in total. The maximum Gasteiger partial charge on any atom is 0.294 e. The maximum absolute atomic E-state index is 10.7. The standard InChI is InChI=1S/C6H4N2O2/c9-8-6-3-7-2-1-5(6)4-10-8/h1-4H. The van der Waals surface area contributed by atoms with Gasteiger partial charge in [0.25, 0.3) is 5.52 Å². The van der Waals surface area contributed by atoms with Gasteiger partial charge in [-0.15, -0.1) is 0 Å². The average molecular weight is 136 g/mol. The fourth-order valence-electron chi connectivity index (χ4n) is 0.811. The summed E-state index contributed by atoms with van der Waals surface area (Å²) < 4.78 is 4.54. The van der Waals surface area contributed by atoms with E-state index in [0.29, 0.717) is 10.4 Å². The second kappa shape index (κ2) is 1.70. The molecule has 0 atom stereocenters. The van der Waals surface area contributed by atoms with E-state index < -0.39 is 0 Å². The lowest BCUT2D eigenvalue weighted by atomic mass is 10.3. The molecular weight excluding hydrogens is 132 g/mol. The van der Waals surface area contributed by atoms with Crippen LogP contribution in [0.15, 0.2) is 29.2 Å². The second-order valence-corrected chi connectivity index (χ2v) is 1.91. The van der Waals surface area contributed by atoms with Gasteiger partial charge in [-0.1, -0.05) is 0 Å². The number of hydrogen-bond acceptors (Lipinski definition) is 3. The Labute approximate surface area is 56.3 Å². The lowest BCUT2D eigenvalue weighted by Crippen LogP contribution is -2.22. The Hall–Kier alpha value is -1.58. The van der Waals surface area contributed by atoms with Gasteiger partial charge in [-0.3, -0.25) is 10.2 Å². The Morgan fingerprint density at radius 3 is 3.30 bits per heavy atom. The van der Waals surface area contributed by atoms with Gasteiger partial charge in [0.2, 0.25) is 0 Å². The molecule has 0 aromatic carbocycles. The molecule has 10 heavy (non-hydrogen) atoms. The quantitative estimate of drug-likeness (QED) is 0.494. The largest absolute Gasteiger partial charge is 0.374 e. The number of rotatable bonds is 0. The van der Waals surface area contributed by atoms with Crippen LogP contribution < -0.4 is 4.90 Å². The van der Waals surface area contributed by atoms with E-state index in [2.05, 4.69) is 9.51 Å². The Balaban J connectivity index is 2.93. The van der Waals surface area contributed by atoms with Gasteiger partial charge in [-0.2, -0.15) is 0 Å². The fraction of sp³-hybridized carbons (Fsp3) is 0. The molecule has 4 heteroatoms. The van der Waals surface area contributed by atoms with Crippen LogP contribution in [-0.2, 0) is 0 Å². The van der Waals surface area contributed by atoms with Crippen LogP contribution in [0.25, 0.3) is 10.9 Å². The van der Waals surface area contributed by atoms with E-state index in [-0.39, 0.29) is 0 Å². The van der Waals surface area contributed by atoms with E-state index in [1.165, 1.54) is 12.5 Å². The van der Waals surface area contributed by atoms with Crippen molar-refractivity contribution in [3.63, 3.8) is 0 Å². The lowest BCUT2D eigenvalue weighted by molar-refractivity contribution is -0.771. The third-order valence-corrected chi connectivity index (χ3v) is 1.30. The topological polar surface area (TPSA) is 53.0 Å². The molecule has 0 saturated carbocycles. The summed E-state index contributed by atoms with van der Waals surface area (Å²) in [5.74, 6) is 0. The predicted molar refractivity (Wildman–Crippen MR) is 33.0 cm³/mol. The minimum Gasteiger partial charge on any atom is -0.374 e. The first-order chi connectivity index (χ1) is 4.88. The van der Waals surface area contributed by atoms with Gasteiger partial charge in [0, 0.05) is 6.20 Å². The predicted octanol–water partition coefficient (Wildman–Crippen LogP) is 0.461. The van der Waals surface area contributed by atoms with Crippen LogP contribution in [0.3, 0.4) is 0 Å². The molecule has 2 aromatic heterocycles. The minimum absolute atomic E-state index is 0.433. The van der Waals surface area contributed by atoms with E-state index in [1.54, 1.807) is 12.3 Å². The molecule has 0 bridgehead atoms. The zero-order valence-electron chi connectivity index (χ0n) is 5.02. The van der Waals surface area contributed by atoms with Crippen molar-refractivity contribution in [1.29, 1.82) is 0 Å². The van der Waals surface area contributed by atoms with Gasteiger partial charge < -0.3 is 4.52 Å². The highest BCUT2D eigenvalue weighted by Crippen LogP contribution is 2.05. The van der Waals surface area contributed by atoms with Crippen LogP contribution in [0.4, 0.5) is 0 Å². The molecule has 0 radical (unpaired) electrons. The number of hydrogen-bond donors (Lipinski definition) is 0. The van der Waals surface area contributed by atoms with Crippen LogP contribution in [0, 0.1) is 5.21 Å². The van der Waals surface area contributed by atoms with Crippen LogP contribution >= 0.6 is 0 Å². The van der Waals surface area contributed by atoms with Crippen LogP contribution in [0.2, 0.25) is 0 Å². The van der Waals surface area contributed by atoms with E-state index in [0.717, 1.165) is 5.39 Å². The highest BCUT2D eigenvalue weighted by atomic mass is 16.7. The second-order valence-electron chi connectivity index (χ2n) is 1.91. The zero-order chi connectivity index (χ0) is 6.97. The molecule has 0 unspecified atom stereocenters. The third-order valence-electron chi connectivity index (χ3n) is 1.30. The highest BCUT2D eigenvalue weighted by Gasteiger charge is 2.04. The molecule has 0 aliphatic heterocycles. The first-order valence-electron chi connectivity index (χ1n) is 2.79. The van der Waals surface area contributed by atoms with Gasteiger partial charge in [0.05, 0.1) is 16.6 Å². The van der Waals surface area contributed by atoms with Crippen LogP contribution in [-0.4, -0.2) is 4.98 Å². The molecule has 0 N–H and O–H groups in total. The SMILES string of the molecule is [O-][n+]1occ2ccncc21.